The van der Waals surface area contributed by atoms with E-state index >= 15 is 0 Å². The van der Waals surface area contributed by atoms with Gasteiger partial charge < -0.3 is 5.11 Å². The number of fused-ring (bicyclic) bond motifs is 5. The zero-order valence-electron chi connectivity index (χ0n) is 11.9. The maximum absolute atomic E-state index is 12.8. The Bertz CT molecular complexity index is 687. The molecule has 1 N–H and O–H groups in total. The van der Waals surface area contributed by atoms with Gasteiger partial charge in [0.2, 0.25) is 11.8 Å². The van der Waals surface area contributed by atoms with E-state index in [9.17, 15) is 14.4 Å². The lowest BCUT2D eigenvalue weighted by Crippen LogP contribution is -2.37. The van der Waals surface area contributed by atoms with E-state index < -0.39 is 5.97 Å². The van der Waals surface area contributed by atoms with Gasteiger partial charge in [0.1, 0.15) is 0 Å². The standard InChI is InChI=1S/C16H13Br2NO4/c17-12-8-5-9(13(12)18)11-10(8)14(20)19(15(11)21)7-3-1-6(2-4-7)16(22)23/h1-4,8-13H,5H2,(H,22,23)/t8-,9-,10-,11+,12-,13+/m0/s1. The summed E-state index contributed by atoms with van der Waals surface area (Å²) in [6.07, 6.45) is 0.893. The number of imide groups is 1. The summed E-state index contributed by atoms with van der Waals surface area (Å²) in [6.45, 7) is 0. The van der Waals surface area contributed by atoms with Crippen LogP contribution in [0.2, 0.25) is 0 Å². The fraction of sp³-hybridized carbons (Fsp3) is 0.438. The highest BCUT2D eigenvalue weighted by Gasteiger charge is 2.66. The van der Waals surface area contributed by atoms with Crippen LogP contribution in [-0.4, -0.2) is 32.5 Å². The lowest BCUT2D eigenvalue weighted by atomic mass is 9.81. The average Bonchev–Trinajstić information content (AvgIpc) is 3.12. The number of carbonyl (C=O) groups excluding carboxylic acids is 2. The molecule has 2 aliphatic carbocycles. The Kier molecular flexibility index (Phi) is 3.43. The van der Waals surface area contributed by atoms with Gasteiger partial charge in [-0.25, -0.2) is 4.79 Å². The van der Waals surface area contributed by atoms with Crippen molar-refractivity contribution in [3.63, 3.8) is 0 Å². The number of hydrogen-bond acceptors (Lipinski definition) is 3. The maximum atomic E-state index is 12.8. The number of anilines is 1. The highest BCUT2D eigenvalue weighted by Crippen LogP contribution is 2.60. The molecule has 3 fully saturated rings. The topological polar surface area (TPSA) is 74.7 Å². The minimum atomic E-state index is -1.03. The number of aromatic carboxylic acids is 1. The first kappa shape index (κ1) is 15.3. The zero-order chi connectivity index (χ0) is 16.5. The Morgan fingerprint density at radius 3 is 1.91 bits per heavy atom. The van der Waals surface area contributed by atoms with Gasteiger partial charge in [-0.2, -0.15) is 0 Å². The van der Waals surface area contributed by atoms with Crippen LogP contribution in [-0.2, 0) is 9.59 Å². The van der Waals surface area contributed by atoms with E-state index in [1.807, 2.05) is 0 Å². The van der Waals surface area contributed by atoms with Gasteiger partial charge in [-0.1, -0.05) is 31.9 Å². The van der Waals surface area contributed by atoms with Crippen LogP contribution in [0, 0.1) is 23.7 Å². The van der Waals surface area contributed by atoms with Crippen molar-refractivity contribution in [2.24, 2.45) is 23.7 Å². The van der Waals surface area contributed by atoms with Crippen LogP contribution in [0.4, 0.5) is 5.69 Å². The summed E-state index contributed by atoms with van der Waals surface area (Å²) in [5, 5.41) is 8.95. The molecule has 7 heteroatoms. The largest absolute Gasteiger partial charge is 0.478 e. The van der Waals surface area contributed by atoms with E-state index in [1.54, 1.807) is 0 Å². The van der Waals surface area contributed by atoms with Gasteiger partial charge in [-0.05, 0) is 42.5 Å². The fourth-order valence-electron chi connectivity index (χ4n) is 4.36. The maximum Gasteiger partial charge on any atom is 0.335 e. The normalized spacial score (nSPS) is 38.3. The van der Waals surface area contributed by atoms with Gasteiger partial charge >= 0.3 is 5.97 Å². The molecule has 1 aliphatic heterocycles. The van der Waals surface area contributed by atoms with Gasteiger partial charge in [0.05, 0.1) is 23.1 Å². The predicted octanol–water partition coefficient (Wildman–Crippen LogP) is 2.67. The van der Waals surface area contributed by atoms with Crippen LogP contribution in [0.1, 0.15) is 16.8 Å². The Balaban J connectivity index is 1.68. The second-order valence-electron chi connectivity index (χ2n) is 6.37. The highest BCUT2D eigenvalue weighted by molar-refractivity contribution is 9.12. The van der Waals surface area contributed by atoms with Gasteiger partial charge in [-0.15, -0.1) is 0 Å². The van der Waals surface area contributed by atoms with E-state index in [0.29, 0.717) is 5.69 Å². The lowest BCUT2D eigenvalue weighted by molar-refractivity contribution is -0.123. The van der Waals surface area contributed by atoms with Crippen molar-refractivity contribution in [2.75, 3.05) is 4.90 Å². The third kappa shape index (κ3) is 1.99. The summed E-state index contributed by atoms with van der Waals surface area (Å²) in [6, 6.07) is 5.89. The number of amides is 2. The molecular formula is C16H13Br2NO4. The van der Waals surface area contributed by atoms with Crippen molar-refractivity contribution in [2.45, 2.75) is 16.1 Å². The van der Waals surface area contributed by atoms with E-state index in [2.05, 4.69) is 31.9 Å². The van der Waals surface area contributed by atoms with Crippen LogP contribution < -0.4 is 4.90 Å². The summed E-state index contributed by atoms with van der Waals surface area (Å²) in [5.74, 6) is -1.51. The fourth-order valence-corrected chi connectivity index (χ4v) is 6.23. The first-order valence-electron chi connectivity index (χ1n) is 7.41. The molecular weight excluding hydrogens is 430 g/mol. The number of carboxylic acids is 1. The Morgan fingerprint density at radius 1 is 1.00 bits per heavy atom. The summed E-state index contributed by atoms with van der Waals surface area (Å²) in [4.78, 5) is 38.2. The number of alkyl halides is 2. The zero-order valence-corrected chi connectivity index (χ0v) is 15.0. The molecule has 2 saturated carbocycles. The molecule has 5 nitrogen and oxygen atoms in total. The van der Waals surface area contributed by atoms with Crippen molar-refractivity contribution in [1.29, 1.82) is 0 Å². The average molecular weight is 443 g/mol. The molecule has 2 amide bonds. The van der Waals surface area contributed by atoms with Crippen molar-refractivity contribution in [3.8, 4) is 0 Å². The number of nitrogens with zero attached hydrogens (tertiary/aromatic N) is 1. The van der Waals surface area contributed by atoms with E-state index in [4.69, 9.17) is 5.11 Å². The van der Waals surface area contributed by atoms with Crippen LogP contribution in [0.3, 0.4) is 0 Å². The molecule has 0 radical (unpaired) electrons. The minimum absolute atomic E-state index is 0.133. The lowest BCUT2D eigenvalue weighted by Gasteiger charge is -2.28. The van der Waals surface area contributed by atoms with E-state index in [0.717, 1.165) is 6.42 Å². The van der Waals surface area contributed by atoms with Crippen LogP contribution in [0.25, 0.3) is 0 Å². The number of benzene rings is 1. The molecule has 0 spiro atoms. The molecule has 2 bridgehead atoms. The van der Waals surface area contributed by atoms with E-state index in [-0.39, 0.29) is 50.7 Å². The van der Waals surface area contributed by atoms with Gasteiger partial charge in [-0.3, -0.25) is 14.5 Å². The third-order valence-corrected chi connectivity index (χ3v) is 8.57. The number of rotatable bonds is 2. The van der Waals surface area contributed by atoms with Crippen LogP contribution >= 0.6 is 31.9 Å². The Hall–Kier alpha value is -1.21. The van der Waals surface area contributed by atoms with Crippen molar-refractivity contribution in [3.05, 3.63) is 29.8 Å². The van der Waals surface area contributed by atoms with Crippen LogP contribution in [0.15, 0.2) is 24.3 Å². The van der Waals surface area contributed by atoms with Crippen molar-refractivity contribution in [1.82, 2.24) is 0 Å². The molecule has 0 aromatic heterocycles. The molecule has 4 rings (SSSR count). The first-order chi connectivity index (χ1) is 10.9. The van der Waals surface area contributed by atoms with Crippen LogP contribution in [0.5, 0.6) is 0 Å². The predicted molar refractivity (Wildman–Crippen MR) is 89.9 cm³/mol. The van der Waals surface area contributed by atoms with Crippen molar-refractivity contribution >= 4 is 55.3 Å². The second kappa shape index (κ2) is 5.14. The SMILES string of the molecule is O=C(O)c1ccc(N2C(=O)[C@@H]3[C@@H]4C[C@H]([C@H](Br)[C@@H]4Br)[C@@H]3C2=O)cc1. The summed E-state index contributed by atoms with van der Waals surface area (Å²) in [7, 11) is 0. The summed E-state index contributed by atoms with van der Waals surface area (Å²) < 4.78 is 0. The minimum Gasteiger partial charge on any atom is -0.478 e. The number of carboxylic acid groups (broad SMARTS) is 1. The Labute approximate surface area is 149 Å². The molecule has 3 aliphatic rings. The molecule has 6 atom stereocenters. The Morgan fingerprint density at radius 2 is 1.48 bits per heavy atom. The summed E-state index contributed by atoms with van der Waals surface area (Å²) >= 11 is 7.30. The third-order valence-electron chi connectivity index (χ3n) is 5.36. The molecule has 23 heavy (non-hydrogen) atoms. The first-order valence-corrected chi connectivity index (χ1v) is 9.24. The van der Waals surface area contributed by atoms with Gasteiger partial charge in [0.15, 0.2) is 0 Å². The number of carbonyl (C=O) groups is 3. The molecule has 120 valence electrons. The second-order valence-corrected chi connectivity index (χ2v) is 8.48. The molecule has 1 saturated heterocycles. The number of halogens is 2. The molecule has 1 heterocycles. The van der Waals surface area contributed by atoms with Gasteiger partial charge in [0.25, 0.3) is 0 Å². The van der Waals surface area contributed by atoms with Gasteiger partial charge in [0, 0.05) is 9.65 Å². The molecule has 0 unspecified atom stereocenters. The monoisotopic (exact) mass is 441 g/mol. The smallest absolute Gasteiger partial charge is 0.335 e. The van der Waals surface area contributed by atoms with Crippen molar-refractivity contribution < 1.29 is 19.5 Å². The molecule has 1 aromatic carbocycles. The van der Waals surface area contributed by atoms with E-state index in [1.165, 1.54) is 29.2 Å². The summed E-state index contributed by atoms with van der Waals surface area (Å²) in [5.41, 5.74) is 0.588. The highest BCUT2D eigenvalue weighted by atomic mass is 79.9. The number of hydrogen-bond donors (Lipinski definition) is 1. The quantitative estimate of drug-likeness (QED) is 0.564. The molecule has 1 aromatic rings.